The Labute approximate surface area is 107 Å². The van der Waals surface area contributed by atoms with Gasteiger partial charge in [0.25, 0.3) is 0 Å². The first-order valence-corrected chi connectivity index (χ1v) is 5.38. The Hall–Kier alpha value is -1.31. The molecule has 1 unspecified atom stereocenters. The summed E-state index contributed by atoms with van der Waals surface area (Å²) in [6.45, 7) is 0.721. The third kappa shape index (κ3) is 3.12. The van der Waals surface area contributed by atoms with E-state index in [9.17, 15) is 22.4 Å². The van der Waals surface area contributed by atoms with Crippen LogP contribution in [0.25, 0.3) is 0 Å². The van der Waals surface area contributed by atoms with Gasteiger partial charge in [-0.25, -0.2) is 9.18 Å². The number of ether oxygens (including phenoxy) is 1. The van der Waals surface area contributed by atoms with Crippen molar-refractivity contribution in [3.8, 4) is 5.75 Å². The first-order valence-electron chi connectivity index (χ1n) is 4.59. The average molecular weight is 331 g/mol. The third-order valence-electron chi connectivity index (χ3n) is 2.04. The summed E-state index contributed by atoms with van der Waals surface area (Å²) in [5.74, 6) is -3.26. The Balaban J connectivity index is 3.07. The molecule has 18 heavy (non-hydrogen) atoms. The normalized spacial score (nSPS) is 13.2. The molecular weight excluding hydrogens is 324 g/mol. The SMILES string of the molecule is CC(Oc1ccc(C(=O)O)c(Br)c1F)C(F)(F)F. The minimum absolute atomic E-state index is 0.403. The largest absolute Gasteiger partial charge is 0.478 e. The molecule has 0 amide bonds. The van der Waals surface area contributed by atoms with Crippen LogP contribution in [0.5, 0.6) is 5.75 Å². The predicted octanol–water partition coefficient (Wildman–Crippen LogP) is 3.62. The lowest BCUT2D eigenvalue weighted by Gasteiger charge is -2.18. The fraction of sp³-hybridized carbons (Fsp3) is 0.300. The molecule has 0 saturated heterocycles. The van der Waals surface area contributed by atoms with Crippen LogP contribution in [-0.4, -0.2) is 23.4 Å². The van der Waals surface area contributed by atoms with Crippen LogP contribution in [-0.2, 0) is 0 Å². The number of hydrogen-bond donors (Lipinski definition) is 1. The van der Waals surface area contributed by atoms with Crippen molar-refractivity contribution in [3.05, 3.63) is 28.0 Å². The number of rotatable bonds is 3. The van der Waals surface area contributed by atoms with Gasteiger partial charge in [-0.3, -0.25) is 0 Å². The first-order chi connectivity index (χ1) is 8.14. The second-order valence-electron chi connectivity index (χ2n) is 3.35. The van der Waals surface area contributed by atoms with E-state index in [0.717, 1.165) is 19.1 Å². The van der Waals surface area contributed by atoms with Crippen LogP contribution in [0, 0.1) is 5.82 Å². The molecule has 3 nitrogen and oxygen atoms in total. The lowest BCUT2D eigenvalue weighted by Crippen LogP contribution is -2.31. The summed E-state index contributed by atoms with van der Waals surface area (Å²) in [6, 6.07) is 1.79. The standard InChI is InChI=1S/C10H7BrF4O3/c1-4(10(13,14)15)18-6-3-2-5(9(16)17)7(11)8(6)12/h2-4H,1H3,(H,16,17). The summed E-state index contributed by atoms with van der Waals surface area (Å²) in [5.41, 5.74) is -0.403. The molecular formula is C10H7BrF4O3. The highest BCUT2D eigenvalue weighted by Gasteiger charge is 2.38. The van der Waals surface area contributed by atoms with Crippen LogP contribution in [0.3, 0.4) is 0 Å². The zero-order chi connectivity index (χ0) is 14.1. The zero-order valence-corrected chi connectivity index (χ0v) is 10.5. The highest BCUT2D eigenvalue weighted by Crippen LogP contribution is 2.31. The molecule has 0 aliphatic carbocycles. The Bertz CT molecular complexity index is 473. The van der Waals surface area contributed by atoms with Gasteiger partial charge in [-0.15, -0.1) is 0 Å². The molecule has 1 N–H and O–H groups in total. The van der Waals surface area contributed by atoms with Gasteiger partial charge in [-0.1, -0.05) is 0 Å². The molecule has 1 rings (SSSR count). The molecule has 1 aromatic carbocycles. The van der Waals surface area contributed by atoms with Crippen molar-refractivity contribution in [1.29, 1.82) is 0 Å². The summed E-state index contributed by atoms with van der Waals surface area (Å²) >= 11 is 2.65. The van der Waals surface area contributed by atoms with Gasteiger partial charge in [0.1, 0.15) is 0 Å². The summed E-state index contributed by atoms with van der Waals surface area (Å²) in [6.07, 6.45) is -6.83. The van der Waals surface area contributed by atoms with Crippen molar-refractivity contribution in [1.82, 2.24) is 0 Å². The Morgan fingerprint density at radius 3 is 2.44 bits per heavy atom. The molecule has 100 valence electrons. The van der Waals surface area contributed by atoms with Crippen LogP contribution in [0.1, 0.15) is 17.3 Å². The Morgan fingerprint density at radius 1 is 1.44 bits per heavy atom. The average Bonchev–Trinajstić information content (AvgIpc) is 2.22. The Kier molecular flexibility index (Phi) is 4.20. The summed E-state index contributed by atoms with van der Waals surface area (Å²) in [4.78, 5) is 10.6. The topological polar surface area (TPSA) is 46.5 Å². The van der Waals surface area contributed by atoms with E-state index in [4.69, 9.17) is 5.11 Å². The smallest absolute Gasteiger partial charge is 0.425 e. The van der Waals surface area contributed by atoms with E-state index in [1.807, 2.05) is 0 Å². The molecule has 0 saturated carbocycles. The number of carboxylic acids is 1. The first kappa shape index (κ1) is 14.7. The van der Waals surface area contributed by atoms with Gasteiger partial charge in [0.05, 0.1) is 10.0 Å². The monoisotopic (exact) mass is 330 g/mol. The molecule has 1 atom stereocenters. The van der Waals surface area contributed by atoms with Gasteiger partial charge in [0.15, 0.2) is 17.7 Å². The maximum atomic E-state index is 13.6. The molecule has 0 fully saturated rings. The highest BCUT2D eigenvalue weighted by atomic mass is 79.9. The van der Waals surface area contributed by atoms with E-state index in [2.05, 4.69) is 20.7 Å². The second-order valence-corrected chi connectivity index (χ2v) is 4.14. The number of benzene rings is 1. The predicted molar refractivity (Wildman–Crippen MR) is 57.2 cm³/mol. The number of alkyl halides is 3. The fourth-order valence-corrected chi connectivity index (χ4v) is 1.54. The third-order valence-corrected chi connectivity index (χ3v) is 2.82. The van der Waals surface area contributed by atoms with Crippen molar-refractivity contribution in [2.45, 2.75) is 19.2 Å². The van der Waals surface area contributed by atoms with Crippen LogP contribution in [0.4, 0.5) is 17.6 Å². The quantitative estimate of drug-likeness (QED) is 0.861. The molecule has 0 radical (unpaired) electrons. The van der Waals surface area contributed by atoms with E-state index in [1.54, 1.807) is 0 Å². The van der Waals surface area contributed by atoms with E-state index in [1.165, 1.54) is 0 Å². The maximum Gasteiger partial charge on any atom is 0.425 e. The van der Waals surface area contributed by atoms with Crippen LogP contribution >= 0.6 is 15.9 Å². The van der Waals surface area contributed by atoms with Crippen LogP contribution < -0.4 is 4.74 Å². The van der Waals surface area contributed by atoms with Gasteiger partial charge in [-0.05, 0) is 35.0 Å². The van der Waals surface area contributed by atoms with Crippen LogP contribution in [0.15, 0.2) is 16.6 Å². The number of aromatic carboxylic acids is 1. The van der Waals surface area contributed by atoms with E-state index in [0.29, 0.717) is 0 Å². The second kappa shape index (κ2) is 5.13. The van der Waals surface area contributed by atoms with Gasteiger partial charge in [-0.2, -0.15) is 13.2 Å². The Morgan fingerprint density at radius 2 is 2.00 bits per heavy atom. The van der Waals surface area contributed by atoms with Crippen molar-refractivity contribution in [3.63, 3.8) is 0 Å². The van der Waals surface area contributed by atoms with Gasteiger partial charge in [0.2, 0.25) is 0 Å². The molecule has 0 bridgehead atoms. The molecule has 1 aromatic rings. The van der Waals surface area contributed by atoms with Gasteiger partial charge < -0.3 is 9.84 Å². The van der Waals surface area contributed by atoms with Crippen molar-refractivity contribution in [2.24, 2.45) is 0 Å². The van der Waals surface area contributed by atoms with Gasteiger partial charge >= 0.3 is 12.1 Å². The molecule has 0 aliphatic rings. The van der Waals surface area contributed by atoms with E-state index < -0.39 is 39.9 Å². The number of hydrogen-bond acceptors (Lipinski definition) is 2. The number of carbonyl (C=O) groups is 1. The van der Waals surface area contributed by atoms with Crippen LogP contribution in [0.2, 0.25) is 0 Å². The minimum atomic E-state index is -4.63. The summed E-state index contributed by atoms with van der Waals surface area (Å²) < 4.78 is 54.2. The van der Waals surface area contributed by atoms with Crippen molar-refractivity contribution >= 4 is 21.9 Å². The molecule has 0 aliphatic heterocycles. The zero-order valence-electron chi connectivity index (χ0n) is 8.89. The lowest BCUT2D eigenvalue weighted by molar-refractivity contribution is -0.189. The van der Waals surface area contributed by atoms with Crippen molar-refractivity contribution < 1.29 is 32.2 Å². The highest BCUT2D eigenvalue weighted by molar-refractivity contribution is 9.10. The van der Waals surface area contributed by atoms with E-state index in [-0.39, 0.29) is 0 Å². The molecule has 0 aromatic heterocycles. The minimum Gasteiger partial charge on any atom is -0.478 e. The molecule has 0 spiro atoms. The molecule has 0 heterocycles. The fourth-order valence-electron chi connectivity index (χ4n) is 1.05. The van der Waals surface area contributed by atoms with Gasteiger partial charge in [0, 0.05) is 0 Å². The summed E-state index contributed by atoms with van der Waals surface area (Å²) in [5, 5.41) is 8.67. The lowest BCUT2D eigenvalue weighted by atomic mass is 10.2. The number of carboxylic acid groups (broad SMARTS) is 1. The molecule has 8 heteroatoms. The number of halogens is 5. The summed E-state index contributed by atoms with van der Waals surface area (Å²) in [7, 11) is 0. The maximum absolute atomic E-state index is 13.6. The van der Waals surface area contributed by atoms with Crippen molar-refractivity contribution in [2.75, 3.05) is 0 Å². The van der Waals surface area contributed by atoms with E-state index >= 15 is 0 Å².